The molecule has 1 aliphatic rings. The summed E-state index contributed by atoms with van der Waals surface area (Å²) in [5.74, 6) is 1.99. The highest BCUT2D eigenvalue weighted by atomic mass is 16.5. The third-order valence-electron chi connectivity index (χ3n) is 20.6. The fraction of sp³-hybridized carbons (Fsp3) is 0.468. The van der Waals surface area contributed by atoms with E-state index in [2.05, 4.69) is 152 Å². The van der Waals surface area contributed by atoms with Gasteiger partial charge >= 0.3 is 11.9 Å². The number of fused-ring (bicyclic) bond motifs is 8. The van der Waals surface area contributed by atoms with Crippen LogP contribution in [-0.2, 0) is 47.3 Å². The molecule has 1 aliphatic carbocycles. The lowest BCUT2D eigenvalue weighted by Crippen LogP contribution is -2.17. The van der Waals surface area contributed by atoms with E-state index in [9.17, 15) is 19.8 Å². The fourth-order valence-electron chi connectivity index (χ4n) is 13.8. The number of carbonyl (C=O) groups is 2. The number of carboxylic acid groups (broad SMARTS) is 2. The number of phenolic OH excluding ortho intramolecular Hbond substituents is 2. The number of unbranched alkanes of at least 4 members (excludes halogenated alkanes) is 18. The second-order valence-corrected chi connectivity index (χ2v) is 33.8. The maximum absolute atomic E-state index is 12.9. The van der Waals surface area contributed by atoms with Crippen LogP contribution in [0.1, 0.15) is 299 Å². The molecule has 0 aromatic heterocycles. The van der Waals surface area contributed by atoms with E-state index in [1.807, 2.05) is 48.5 Å². The predicted molar refractivity (Wildman–Crippen MR) is 437 cm³/mol. The summed E-state index contributed by atoms with van der Waals surface area (Å²) >= 11 is 0. The first-order chi connectivity index (χ1) is 51.5. The van der Waals surface area contributed by atoms with Crippen LogP contribution in [-0.4, -0.2) is 58.8 Å². The number of aromatic hydroxyl groups is 2. The largest absolute Gasteiger partial charge is 0.507 e. The number of aromatic carboxylic acids is 2. The van der Waals surface area contributed by atoms with E-state index in [1.165, 1.54) is 111 Å². The van der Waals surface area contributed by atoms with Crippen molar-refractivity contribution in [3.05, 3.63) is 223 Å². The standard InChI is InChI=1S/C94H120N4O10/c1-91(2,3)75-57-67-53-71-61-77(93(7,8)9)63-73(87(71)107-51-31-27-23-19-15-13-17-21-25-29-49-105-83-45-41-81(42-46-83)97-95-79-37-33-65(34-38-79)89(101)102)55-69-59-76(92(4,5)6)60-70(86(69)100)56-74-64-78(94(10,11)12)62-72(54-68(58-75)85(67)99)88(74)108-52-32-28-24-20-16-14-18-22-26-30-50-106-84-47-43-82(44-48-84)98-96-80-39-35-66(36-40-80)90(103)104/h33-48,57-64,99-100H,13-32,49-56H2,1-12H3,(H,101,102)(H,103,104). The number of azo groups is 2. The van der Waals surface area contributed by atoms with Crippen molar-refractivity contribution >= 4 is 34.7 Å². The monoisotopic (exact) mass is 1460 g/mol. The molecule has 14 heteroatoms. The smallest absolute Gasteiger partial charge is 0.335 e. The zero-order valence-electron chi connectivity index (χ0n) is 66.7. The molecule has 108 heavy (non-hydrogen) atoms. The molecule has 4 N–H and O–H groups in total. The van der Waals surface area contributed by atoms with E-state index < -0.39 is 11.9 Å². The summed E-state index contributed by atoms with van der Waals surface area (Å²) in [6, 6.07) is 45.9. The van der Waals surface area contributed by atoms with Crippen LogP contribution in [0.25, 0.3) is 0 Å². The summed E-state index contributed by atoms with van der Waals surface area (Å²) < 4.78 is 26.4. The van der Waals surface area contributed by atoms with Gasteiger partial charge in [0.15, 0.2) is 0 Å². The van der Waals surface area contributed by atoms with E-state index in [-0.39, 0.29) is 32.8 Å². The molecule has 0 heterocycles. The van der Waals surface area contributed by atoms with Gasteiger partial charge in [0, 0.05) is 25.7 Å². The Morgan fingerprint density at radius 3 is 0.694 bits per heavy atom. The Kier molecular flexibility index (Phi) is 30.0. The minimum absolute atomic E-state index is 0.199. The van der Waals surface area contributed by atoms with Crippen LogP contribution >= 0.6 is 0 Å². The first-order valence-electron chi connectivity index (χ1n) is 39.8. The van der Waals surface area contributed by atoms with Crippen molar-refractivity contribution in [2.24, 2.45) is 20.5 Å². The third-order valence-corrected chi connectivity index (χ3v) is 20.6. The summed E-state index contributed by atoms with van der Waals surface area (Å²) in [7, 11) is 0. The molecule has 0 aliphatic heterocycles. The number of phenols is 2. The van der Waals surface area contributed by atoms with Gasteiger partial charge in [-0.2, -0.15) is 20.5 Å². The lowest BCUT2D eigenvalue weighted by molar-refractivity contribution is 0.0686. The fourth-order valence-corrected chi connectivity index (χ4v) is 13.8. The van der Waals surface area contributed by atoms with E-state index in [0.717, 1.165) is 132 Å². The summed E-state index contributed by atoms with van der Waals surface area (Å²) in [6.45, 7) is 29.6. The molecule has 0 fully saturated rings. The summed E-state index contributed by atoms with van der Waals surface area (Å²) in [4.78, 5) is 22.3. The summed E-state index contributed by atoms with van der Waals surface area (Å²) in [5, 5.41) is 61.1. The highest BCUT2D eigenvalue weighted by molar-refractivity contribution is 5.88. The predicted octanol–water partition coefficient (Wildman–Crippen LogP) is 25.9. The number of hydrogen-bond acceptors (Lipinski definition) is 12. The number of hydrogen-bond donors (Lipinski definition) is 4. The SMILES string of the molecule is CC(C)(C)c1cc2c(O)c(c1)Cc1cc(C(C)(C)C)cc(c1OCCCCCCCCCCCCOc1ccc(N=Nc3ccc(C(=O)O)cc3)cc1)Cc1cc(C(C)(C)C)cc(c1O)Cc1cc(C(C)(C)C)cc(c1OCCCCCCCCCCCCOc1ccc(N=Nc3ccc(C(=O)O)cc3)cc1)C2. The van der Waals surface area contributed by atoms with Crippen LogP contribution in [0.2, 0.25) is 0 Å². The van der Waals surface area contributed by atoms with Crippen molar-refractivity contribution < 1.29 is 49.0 Å². The van der Waals surface area contributed by atoms with Gasteiger partial charge < -0.3 is 39.4 Å². The molecule has 0 saturated heterocycles. The number of benzene rings is 8. The maximum Gasteiger partial charge on any atom is 0.335 e. The van der Waals surface area contributed by atoms with E-state index in [1.54, 1.807) is 24.3 Å². The molecule has 8 aromatic carbocycles. The van der Waals surface area contributed by atoms with E-state index >= 15 is 0 Å². The first kappa shape index (κ1) is 82.8. The number of ether oxygens (including phenoxy) is 4. The molecule has 14 nitrogen and oxygen atoms in total. The van der Waals surface area contributed by atoms with Crippen LogP contribution < -0.4 is 18.9 Å². The van der Waals surface area contributed by atoms with Crippen molar-refractivity contribution in [2.45, 2.75) is 259 Å². The Hall–Kier alpha value is -9.30. The van der Waals surface area contributed by atoms with Gasteiger partial charge in [0.25, 0.3) is 0 Å². The van der Waals surface area contributed by atoms with E-state index in [4.69, 9.17) is 29.2 Å². The molecule has 8 aromatic rings. The molecular formula is C94H120N4O10. The van der Waals surface area contributed by atoms with Gasteiger partial charge in [-0.25, -0.2) is 9.59 Å². The molecular weight excluding hydrogens is 1350 g/mol. The zero-order valence-corrected chi connectivity index (χ0v) is 66.7. The van der Waals surface area contributed by atoms with Crippen LogP contribution in [0, 0.1) is 0 Å². The van der Waals surface area contributed by atoms with Crippen LogP contribution in [0.15, 0.2) is 166 Å². The normalized spacial score (nSPS) is 12.8. The van der Waals surface area contributed by atoms with Crippen molar-refractivity contribution in [1.29, 1.82) is 0 Å². The van der Waals surface area contributed by atoms with Gasteiger partial charge in [-0.1, -0.05) is 234 Å². The Balaban J connectivity index is 0.808. The minimum Gasteiger partial charge on any atom is -0.507 e. The summed E-state index contributed by atoms with van der Waals surface area (Å²) in [5.41, 5.74) is 14.6. The molecule has 9 rings (SSSR count). The molecule has 0 unspecified atom stereocenters. The molecule has 576 valence electrons. The van der Waals surface area contributed by atoms with Crippen molar-refractivity contribution in [2.75, 3.05) is 26.4 Å². The van der Waals surface area contributed by atoms with Gasteiger partial charge in [-0.15, -0.1) is 0 Å². The molecule has 0 spiro atoms. The van der Waals surface area contributed by atoms with Crippen LogP contribution in [0.4, 0.5) is 22.7 Å². The molecule has 0 atom stereocenters. The first-order valence-corrected chi connectivity index (χ1v) is 39.8. The lowest BCUT2D eigenvalue weighted by Gasteiger charge is -2.28. The van der Waals surface area contributed by atoms with Gasteiger partial charge in [0.1, 0.15) is 34.5 Å². The Morgan fingerprint density at radius 2 is 0.481 bits per heavy atom. The minimum atomic E-state index is -0.973. The van der Waals surface area contributed by atoms with Crippen molar-refractivity contribution in [3.63, 3.8) is 0 Å². The second kappa shape index (κ2) is 39.2. The summed E-state index contributed by atoms with van der Waals surface area (Å²) in [6.07, 6.45) is 24.5. The molecule has 0 saturated carbocycles. The second-order valence-electron chi connectivity index (χ2n) is 33.8. The lowest BCUT2D eigenvalue weighted by atomic mass is 9.79. The zero-order chi connectivity index (χ0) is 77.4. The third kappa shape index (κ3) is 25.4. The topological polar surface area (TPSA) is 201 Å². The van der Waals surface area contributed by atoms with E-state index in [0.29, 0.717) is 86.4 Å². The molecule has 0 radical (unpaired) electrons. The van der Waals surface area contributed by atoms with Gasteiger partial charge in [-0.05, 0) is 211 Å². The van der Waals surface area contributed by atoms with Crippen LogP contribution in [0.5, 0.6) is 34.5 Å². The average Bonchev–Trinajstić information content (AvgIpc) is 0.763. The quantitative estimate of drug-likeness (QED) is 0.0216. The maximum atomic E-state index is 12.9. The Morgan fingerprint density at radius 1 is 0.287 bits per heavy atom. The highest BCUT2D eigenvalue weighted by Gasteiger charge is 2.29. The number of rotatable bonds is 36. The van der Waals surface area contributed by atoms with Crippen molar-refractivity contribution in [1.82, 2.24) is 0 Å². The molecule has 8 bridgehead atoms. The van der Waals surface area contributed by atoms with Gasteiger partial charge in [-0.3, -0.25) is 0 Å². The van der Waals surface area contributed by atoms with Gasteiger partial charge in [0.05, 0.1) is 60.3 Å². The molecule has 0 amide bonds. The number of nitrogens with zero attached hydrogens (tertiary/aromatic N) is 4. The van der Waals surface area contributed by atoms with Crippen LogP contribution in [0.3, 0.4) is 0 Å². The Bertz CT molecular complexity index is 3910. The van der Waals surface area contributed by atoms with Crippen molar-refractivity contribution in [3.8, 4) is 34.5 Å². The number of carboxylic acids is 2. The highest BCUT2D eigenvalue weighted by Crippen LogP contribution is 2.45. The Labute approximate surface area is 643 Å². The van der Waals surface area contributed by atoms with Gasteiger partial charge in [0.2, 0.25) is 0 Å². The average molecular weight is 1470 g/mol.